The van der Waals surface area contributed by atoms with Gasteiger partial charge in [0.05, 0.1) is 6.61 Å². The maximum Gasteiger partial charge on any atom is 0.253 e. The molecule has 7 nitrogen and oxygen atoms in total. The molecule has 2 unspecified atom stereocenters. The van der Waals surface area contributed by atoms with Crippen LogP contribution in [0.4, 0.5) is 0 Å². The number of hydrogen-bond acceptors (Lipinski definition) is 5. The van der Waals surface area contributed by atoms with Crippen LogP contribution in [0.3, 0.4) is 0 Å². The summed E-state index contributed by atoms with van der Waals surface area (Å²) in [6, 6.07) is 17.9. The van der Waals surface area contributed by atoms with Crippen LogP contribution >= 0.6 is 0 Å². The predicted octanol–water partition coefficient (Wildman–Crippen LogP) is 2.02. The number of amides is 2. The van der Waals surface area contributed by atoms with Gasteiger partial charge in [0.1, 0.15) is 6.10 Å². The van der Waals surface area contributed by atoms with E-state index in [0.717, 1.165) is 57.8 Å². The van der Waals surface area contributed by atoms with E-state index in [1.165, 1.54) is 5.56 Å². The summed E-state index contributed by atoms with van der Waals surface area (Å²) < 4.78 is 5.90. The van der Waals surface area contributed by atoms with E-state index in [0.29, 0.717) is 30.6 Å². The molecule has 0 saturated carbocycles. The van der Waals surface area contributed by atoms with Crippen molar-refractivity contribution in [3.8, 4) is 0 Å². The third-order valence-electron chi connectivity index (χ3n) is 7.58. The summed E-state index contributed by atoms with van der Waals surface area (Å²) in [6.07, 6.45) is 2.62. The highest BCUT2D eigenvalue weighted by Gasteiger charge is 2.43. The van der Waals surface area contributed by atoms with Gasteiger partial charge in [0, 0.05) is 51.4 Å². The number of morpholine rings is 1. The van der Waals surface area contributed by atoms with Crippen LogP contribution in [0.2, 0.25) is 0 Å². The first-order valence-corrected chi connectivity index (χ1v) is 12.7. The molecular weight excluding hydrogens is 440 g/mol. The Labute approximate surface area is 207 Å². The molecule has 0 aliphatic carbocycles. The number of nitrogens with two attached hydrogens (primary N) is 1. The molecule has 3 aliphatic rings. The van der Waals surface area contributed by atoms with Gasteiger partial charge in [0.25, 0.3) is 5.91 Å². The van der Waals surface area contributed by atoms with Crippen molar-refractivity contribution in [3.05, 3.63) is 77.7 Å². The second-order valence-electron chi connectivity index (χ2n) is 10.0. The van der Waals surface area contributed by atoms with Gasteiger partial charge < -0.3 is 20.3 Å². The Kier molecular flexibility index (Phi) is 7.46. The monoisotopic (exact) mass is 475 g/mol. The molecule has 3 heterocycles. The van der Waals surface area contributed by atoms with E-state index in [1.54, 1.807) is 6.07 Å². The van der Waals surface area contributed by atoms with Crippen LogP contribution in [0.25, 0.3) is 0 Å². The Morgan fingerprint density at radius 1 is 0.914 bits per heavy atom. The number of fused-ring (bicyclic) bond motifs is 1. The van der Waals surface area contributed by atoms with Gasteiger partial charge in [-0.25, -0.2) is 0 Å². The number of carbonyl (C=O) groups is 2. The fourth-order valence-electron chi connectivity index (χ4n) is 5.80. The topological polar surface area (TPSA) is 79.1 Å². The Bertz CT molecular complexity index is 1020. The summed E-state index contributed by atoms with van der Waals surface area (Å²) in [4.78, 5) is 31.7. The summed E-state index contributed by atoms with van der Waals surface area (Å²) in [7, 11) is 0. The number of ether oxygens (including phenoxy) is 1. The molecule has 3 atom stereocenters. The lowest BCUT2D eigenvalue weighted by Crippen LogP contribution is -2.50. The Balaban J connectivity index is 1.07. The van der Waals surface area contributed by atoms with Crippen LogP contribution < -0.4 is 5.73 Å². The zero-order valence-corrected chi connectivity index (χ0v) is 20.2. The van der Waals surface area contributed by atoms with Crippen LogP contribution in [-0.2, 0) is 16.1 Å². The third-order valence-corrected chi connectivity index (χ3v) is 7.58. The highest BCUT2D eigenvalue weighted by molar-refractivity contribution is 5.94. The normalized spacial score (nSPS) is 25.0. The molecule has 1 radical (unpaired) electrons. The van der Waals surface area contributed by atoms with Crippen molar-refractivity contribution < 1.29 is 14.3 Å². The predicted molar refractivity (Wildman–Crippen MR) is 134 cm³/mol. The van der Waals surface area contributed by atoms with Crippen molar-refractivity contribution in [2.75, 3.05) is 52.4 Å². The average Bonchev–Trinajstić information content (AvgIpc) is 3.44. The molecule has 2 aromatic carbocycles. The zero-order valence-electron chi connectivity index (χ0n) is 20.2. The van der Waals surface area contributed by atoms with E-state index >= 15 is 0 Å². The van der Waals surface area contributed by atoms with Crippen LogP contribution in [0.1, 0.15) is 27.9 Å². The lowest BCUT2D eigenvalue weighted by atomic mass is 10.0. The first kappa shape index (κ1) is 24.0. The quantitative estimate of drug-likeness (QED) is 0.632. The van der Waals surface area contributed by atoms with Gasteiger partial charge in [-0.3, -0.25) is 14.5 Å². The Morgan fingerprint density at radius 3 is 2.37 bits per heavy atom. The minimum Gasteiger partial charge on any atom is -0.366 e. The molecule has 0 spiro atoms. The summed E-state index contributed by atoms with van der Waals surface area (Å²) >= 11 is 0. The van der Waals surface area contributed by atoms with E-state index < -0.39 is 0 Å². The molecule has 3 saturated heterocycles. The minimum atomic E-state index is -0.387. The molecule has 2 aromatic rings. The molecule has 7 heteroatoms. The molecule has 3 fully saturated rings. The molecule has 2 amide bonds. The maximum absolute atomic E-state index is 13.2. The number of carbonyl (C=O) groups excluding carboxylic acids is 2. The highest BCUT2D eigenvalue weighted by atomic mass is 16.5. The maximum atomic E-state index is 13.2. The van der Waals surface area contributed by atoms with Crippen LogP contribution in [-0.4, -0.2) is 85.0 Å². The van der Waals surface area contributed by atoms with Gasteiger partial charge in [0.2, 0.25) is 5.91 Å². The smallest absolute Gasteiger partial charge is 0.253 e. The summed E-state index contributed by atoms with van der Waals surface area (Å²) in [5.74, 6) is 0.823. The van der Waals surface area contributed by atoms with Crippen molar-refractivity contribution in [1.82, 2.24) is 14.7 Å². The molecule has 0 bridgehead atoms. The fourth-order valence-corrected chi connectivity index (χ4v) is 5.80. The molecule has 5 rings (SSSR count). The van der Waals surface area contributed by atoms with Crippen molar-refractivity contribution in [2.24, 2.45) is 17.6 Å². The lowest BCUT2D eigenvalue weighted by Gasteiger charge is -2.34. The average molecular weight is 476 g/mol. The molecular formula is C28H35N4O3. The number of rotatable bonds is 8. The molecule has 0 aromatic heterocycles. The second kappa shape index (κ2) is 10.9. The minimum absolute atomic E-state index is 0.153. The molecule has 3 aliphatic heterocycles. The number of primary amides is 1. The lowest BCUT2D eigenvalue weighted by molar-refractivity contribution is -0.149. The fraction of sp³-hybridized carbons (Fsp3) is 0.464. The number of hydrogen-bond donors (Lipinski definition) is 1. The number of likely N-dealkylation sites (tertiary alicyclic amines) is 2. The van der Waals surface area contributed by atoms with Crippen LogP contribution in [0, 0.1) is 18.3 Å². The van der Waals surface area contributed by atoms with Gasteiger partial charge in [-0.15, -0.1) is 0 Å². The van der Waals surface area contributed by atoms with Gasteiger partial charge in [-0.1, -0.05) is 48.5 Å². The largest absolute Gasteiger partial charge is 0.366 e. The second-order valence-corrected chi connectivity index (χ2v) is 10.0. The Morgan fingerprint density at radius 2 is 1.63 bits per heavy atom. The van der Waals surface area contributed by atoms with Gasteiger partial charge in [0.15, 0.2) is 0 Å². The van der Waals surface area contributed by atoms with Gasteiger partial charge in [-0.05, 0) is 48.4 Å². The molecule has 2 N–H and O–H groups in total. The van der Waals surface area contributed by atoms with E-state index in [4.69, 9.17) is 10.5 Å². The Hall–Kier alpha value is -2.74. The molecule has 185 valence electrons. The summed E-state index contributed by atoms with van der Waals surface area (Å²) in [6.45, 7) is 7.63. The van der Waals surface area contributed by atoms with E-state index in [1.807, 2.05) is 29.2 Å². The zero-order chi connectivity index (χ0) is 24.2. The van der Waals surface area contributed by atoms with Gasteiger partial charge >= 0.3 is 0 Å². The van der Waals surface area contributed by atoms with Crippen molar-refractivity contribution in [3.63, 3.8) is 0 Å². The number of benzene rings is 2. The first-order valence-electron chi connectivity index (χ1n) is 12.7. The number of nitrogens with zero attached hydrogens (tertiary/aromatic N) is 3. The van der Waals surface area contributed by atoms with E-state index in [9.17, 15) is 9.59 Å². The van der Waals surface area contributed by atoms with Crippen molar-refractivity contribution in [2.45, 2.75) is 19.1 Å². The van der Waals surface area contributed by atoms with E-state index in [2.05, 4.69) is 40.5 Å². The highest BCUT2D eigenvalue weighted by Crippen LogP contribution is 2.32. The van der Waals surface area contributed by atoms with Crippen molar-refractivity contribution >= 4 is 11.8 Å². The standard InChI is InChI=1S/C28H35N4O3/c29-27(33)25-11-5-4-9-22(25)10-6-12-30-16-23-18-32(19-24(23)17-30)28(34)26-20-31(13-14-35-26)15-21-7-2-1-3-8-21/h1-5,7-11,23-24,26H,6,12-20H2,(H2,29,33)/t23?,24?,26-/m0/s1. The summed E-state index contributed by atoms with van der Waals surface area (Å²) in [5.41, 5.74) is 8.24. The van der Waals surface area contributed by atoms with Crippen molar-refractivity contribution in [1.29, 1.82) is 0 Å². The first-order chi connectivity index (χ1) is 17.1. The molecule has 35 heavy (non-hydrogen) atoms. The van der Waals surface area contributed by atoms with Gasteiger partial charge in [-0.2, -0.15) is 0 Å². The summed E-state index contributed by atoms with van der Waals surface area (Å²) in [5, 5.41) is 0. The van der Waals surface area contributed by atoms with E-state index in [-0.39, 0.29) is 17.9 Å². The van der Waals surface area contributed by atoms with Crippen LogP contribution in [0.15, 0.2) is 54.6 Å². The van der Waals surface area contributed by atoms with Crippen LogP contribution in [0.5, 0.6) is 0 Å². The third kappa shape index (κ3) is 5.74. The SMILES string of the molecule is NC(=O)c1ccccc1[CH]CCN1CC2CN(C(=O)[C@@H]3CN(Cc4ccccc4)CCO3)CC2C1.